The summed E-state index contributed by atoms with van der Waals surface area (Å²) in [6.07, 6.45) is 7.37. The van der Waals surface area contributed by atoms with Gasteiger partial charge in [0.05, 0.1) is 12.6 Å². The second-order valence-corrected chi connectivity index (χ2v) is 6.75. The van der Waals surface area contributed by atoms with E-state index >= 15 is 0 Å². The van der Waals surface area contributed by atoms with Gasteiger partial charge in [-0.15, -0.1) is 0 Å². The largest absolute Gasteiger partial charge is 0.383 e. The summed E-state index contributed by atoms with van der Waals surface area (Å²) in [5, 5.41) is 0. The minimum absolute atomic E-state index is 0.0434. The van der Waals surface area contributed by atoms with Gasteiger partial charge in [0.15, 0.2) is 5.78 Å². The van der Waals surface area contributed by atoms with Crippen LogP contribution in [0.15, 0.2) is 42.5 Å². The van der Waals surface area contributed by atoms with Crippen molar-refractivity contribution in [1.29, 1.82) is 0 Å². The highest BCUT2D eigenvalue weighted by Crippen LogP contribution is 2.36. The number of hydrogen-bond donors (Lipinski definition) is 0. The maximum atomic E-state index is 13.4. The van der Waals surface area contributed by atoms with E-state index in [0.29, 0.717) is 26.0 Å². The van der Waals surface area contributed by atoms with Crippen molar-refractivity contribution in [3.63, 3.8) is 0 Å². The van der Waals surface area contributed by atoms with Crippen molar-refractivity contribution in [3.05, 3.63) is 48.0 Å². The molecule has 1 aromatic carbocycles. The number of amides is 1. The predicted octanol–water partition coefficient (Wildman–Crippen LogP) is 2.77. The van der Waals surface area contributed by atoms with Crippen LogP contribution in [0.4, 0.5) is 0 Å². The number of Topliss-reactive ketones (excluding diaryl/α,β-unsaturated/α-hetero) is 1. The van der Waals surface area contributed by atoms with Crippen LogP contribution in [0.5, 0.6) is 0 Å². The van der Waals surface area contributed by atoms with E-state index in [-0.39, 0.29) is 17.7 Å². The van der Waals surface area contributed by atoms with Gasteiger partial charge in [-0.2, -0.15) is 0 Å². The zero-order valence-electron chi connectivity index (χ0n) is 14.2. The smallest absolute Gasteiger partial charge is 0.240 e. The molecule has 1 heterocycles. The first kappa shape index (κ1) is 16.9. The summed E-state index contributed by atoms with van der Waals surface area (Å²) < 4.78 is 5.27. The van der Waals surface area contributed by atoms with Gasteiger partial charge >= 0.3 is 0 Å². The number of benzene rings is 1. The minimum Gasteiger partial charge on any atom is -0.383 e. The van der Waals surface area contributed by atoms with E-state index in [1.165, 1.54) is 0 Å². The average molecular weight is 327 g/mol. The fourth-order valence-corrected chi connectivity index (χ4v) is 3.88. The molecule has 4 heteroatoms. The highest BCUT2D eigenvalue weighted by Gasteiger charge is 2.48. The van der Waals surface area contributed by atoms with Crippen molar-refractivity contribution in [2.45, 2.75) is 38.1 Å². The first-order valence-electron chi connectivity index (χ1n) is 8.72. The molecule has 0 spiro atoms. The SMILES string of the molecule is COC[C@@H]1CCCN1C(=O)[C@]1(Cc2ccccc2)C=CCCC1=O. The van der Waals surface area contributed by atoms with Crippen LogP contribution in [0.25, 0.3) is 0 Å². The standard InChI is InChI=1S/C20H25NO3/c1-24-15-17-10-7-13-21(17)19(23)20(12-6-5-11-18(20)22)14-16-8-3-2-4-9-16/h2-4,6,8-9,12,17H,5,7,10-11,13-15H2,1H3/t17-,20-/m0/s1. The monoisotopic (exact) mass is 327 g/mol. The molecule has 1 aromatic rings. The van der Waals surface area contributed by atoms with E-state index in [2.05, 4.69) is 0 Å². The Kier molecular flexibility index (Phi) is 5.14. The van der Waals surface area contributed by atoms with Crippen molar-refractivity contribution in [1.82, 2.24) is 4.90 Å². The van der Waals surface area contributed by atoms with Crippen molar-refractivity contribution in [3.8, 4) is 0 Å². The maximum Gasteiger partial charge on any atom is 0.240 e. The number of methoxy groups -OCH3 is 1. The van der Waals surface area contributed by atoms with E-state index < -0.39 is 5.41 Å². The number of ketones is 1. The van der Waals surface area contributed by atoms with Gasteiger partial charge in [-0.1, -0.05) is 42.5 Å². The second-order valence-electron chi connectivity index (χ2n) is 6.75. The van der Waals surface area contributed by atoms with Crippen LogP contribution in [0.3, 0.4) is 0 Å². The van der Waals surface area contributed by atoms with Gasteiger partial charge < -0.3 is 9.64 Å². The van der Waals surface area contributed by atoms with Crippen LogP contribution in [0.2, 0.25) is 0 Å². The molecule has 0 N–H and O–H groups in total. The Balaban J connectivity index is 1.93. The lowest BCUT2D eigenvalue weighted by Gasteiger charge is -2.36. The number of allylic oxidation sites excluding steroid dienone is 1. The Bertz CT molecular complexity index is 625. The van der Waals surface area contributed by atoms with Crippen LogP contribution in [0.1, 0.15) is 31.2 Å². The summed E-state index contributed by atoms with van der Waals surface area (Å²) in [5.74, 6) is -0.00577. The molecule has 0 aromatic heterocycles. The predicted molar refractivity (Wildman–Crippen MR) is 92.6 cm³/mol. The third-order valence-corrected chi connectivity index (χ3v) is 5.14. The zero-order valence-corrected chi connectivity index (χ0v) is 14.2. The number of likely N-dealkylation sites (tertiary alicyclic amines) is 1. The molecular weight excluding hydrogens is 302 g/mol. The molecular formula is C20H25NO3. The highest BCUT2D eigenvalue weighted by atomic mass is 16.5. The summed E-state index contributed by atoms with van der Waals surface area (Å²) in [7, 11) is 1.66. The summed E-state index contributed by atoms with van der Waals surface area (Å²) in [4.78, 5) is 28.1. The topological polar surface area (TPSA) is 46.6 Å². The Morgan fingerprint density at radius 2 is 2.12 bits per heavy atom. The van der Waals surface area contributed by atoms with Crippen molar-refractivity contribution < 1.29 is 14.3 Å². The van der Waals surface area contributed by atoms with Gasteiger partial charge in [-0.05, 0) is 31.2 Å². The van der Waals surface area contributed by atoms with E-state index in [0.717, 1.165) is 24.8 Å². The molecule has 1 amide bonds. The van der Waals surface area contributed by atoms with Crippen LogP contribution < -0.4 is 0 Å². The van der Waals surface area contributed by atoms with E-state index in [4.69, 9.17) is 4.74 Å². The fraction of sp³-hybridized carbons (Fsp3) is 0.500. The number of rotatable bonds is 5. The Morgan fingerprint density at radius 3 is 2.83 bits per heavy atom. The van der Waals surface area contributed by atoms with Crippen molar-refractivity contribution >= 4 is 11.7 Å². The van der Waals surface area contributed by atoms with Gasteiger partial charge in [0.1, 0.15) is 5.41 Å². The maximum absolute atomic E-state index is 13.4. The van der Waals surface area contributed by atoms with Gasteiger partial charge in [0.2, 0.25) is 5.91 Å². The third-order valence-electron chi connectivity index (χ3n) is 5.14. The lowest BCUT2D eigenvalue weighted by atomic mass is 9.72. The molecule has 1 aliphatic carbocycles. The van der Waals surface area contributed by atoms with Gasteiger partial charge in [-0.3, -0.25) is 9.59 Å². The molecule has 1 saturated heterocycles. The summed E-state index contributed by atoms with van der Waals surface area (Å²) in [6, 6.07) is 9.91. The quantitative estimate of drug-likeness (QED) is 0.617. The second kappa shape index (κ2) is 7.31. The summed E-state index contributed by atoms with van der Waals surface area (Å²) >= 11 is 0. The van der Waals surface area contributed by atoms with Crippen LogP contribution in [-0.4, -0.2) is 42.9 Å². The molecule has 1 aliphatic heterocycles. The molecule has 4 nitrogen and oxygen atoms in total. The molecule has 1 fully saturated rings. The number of ether oxygens (including phenoxy) is 1. The fourth-order valence-electron chi connectivity index (χ4n) is 3.88. The van der Waals surface area contributed by atoms with Crippen molar-refractivity contribution in [2.24, 2.45) is 5.41 Å². The Labute approximate surface area is 143 Å². The van der Waals surface area contributed by atoms with Gasteiger partial charge in [0, 0.05) is 20.1 Å². The van der Waals surface area contributed by atoms with Crippen molar-refractivity contribution in [2.75, 3.05) is 20.3 Å². The molecule has 0 unspecified atom stereocenters. The summed E-state index contributed by atoms with van der Waals surface area (Å²) in [6.45, 7) is 1.25. The van der Waals surface area contributed by atoms with Gasteiger partial charge in [0.25, 0.3) is 0 Å². The average Bonchev–Trinajstić information content (AvgIpc) is 3.06. The van der Waals surface area contributed by atoms with Crippen LogP contribution in [0, 0.1) is 5.41 Å². The Morgan fingerprint density at radius 1 is 1.33 bits per heavy atom. The van der Waals surface area contributed by atoms with Gasteiger partial charge in [-0.25, -0.2) is 0 Å². The molecule has 0 saturated carbocycles. The molecule has 0 radical (unpaired) electrons. The number of hydrogen-bond acceptors (Lipinski definition) is 3. The van der Waals surface area contributed by atoms with E-state index in [1.807, 2.05) is 47.4 Å². The zero-order chi connectivity index (χ0) is 17.0. The molecule has 128 valence electrons. The lowest BCUT2D eigenvalue weighted by Crippen LogP contribution is -2.52. The molecule has 0 bridgehead atoms. The van der Waals surface area contributed by atoms with Crippen LogP contribution in [-0.2, 0) is 20.7 Å². The van der Waals surface area contributed by atoms with Crippen LogP contribution >= 0.6 is 0 Å². The summed E-state index contributed by atoms with van der Waals surface area (Å²) in [5.41, 5.74) is -0.0242. The first-order valence-corrected chi connectivity index (χ1v) is 8.72. The normalized spacial score (nSPS) is 26.8. The number of nitrogens with zero attached hydrogens (tertiary/aromatic N) is 1. The third kappa shape index (κ3) is 3.16. The Hall–Kier alpha value is -1.94. The molecule has 24 heavy (non-hydrogen) atoms. The minimum atomic E-state index is -1.05. The molecule has 2 atom stereocenters. The molecule has 2 aliphatic rings. The van der Waals surface area contributed by atoms with E-state index in [1.54, 1.807) is 7.11 Å². The number of carbonyl (C=O) groups excluding carboxylic acids is 2. The highest BCUT2D eigenvalue weighted by molar-refractivity contribution is 6.09. The van der Waals surface area contributed by atoms with E-state index in [9.17, 15) is 9.59 Å². The first-order chi connectivity index (χ1) is 11.7. The number of carbonyl (C=O) groups is 2. The lowest BCUT2D eigenvalue weighted by molar-refractivity contribution is -0.148. The molecule has 3 rings (SSSR count).